The van der Waals surface area contributed by atoms with Gasteiger partial charge in [0.05, 0.1) is 7.11 Å². The molecule has 2 atom stereocenters. The Hall–Kier alpha value is -2.32. The van der Waals surface area contributed by atoms with Crippen molar-refractivity contribution in [3.8, 4) is 0 Å². The Morgan fingerprint density at radius 3 is 2.46 bits per heavy atom. The molecule has 2 rings (SSSR count). The number of esters is 1. The average Bonchev–Trinajstić information content (AvgIpc) is 2.95. The number of methoxy groups -OCH3 is 1. The van der Waals surface area contributed by atoms with Gasteiger partial charge < -0.3 is 14.2 Å². The lowest BCUT2D eigenvalue weighted by molar-refractivity contribution is -0.166. The van der Waals surface area contributed by atoms with Crippen molar-refractivity contribution in [3.63, 3.8) is 0 Å². The summed E-state index contributed by atoms with van der Waals surface area (Å²) < 4.78 is 15.2. The molecular weight excluding hydrogens is 320 g/mol. The van der Waals surface area contributed by atoms with Gasteiger partial charge in [-0.25, -0.2) is 14.4 Å². The fourth-order valence-corrected chi connectivity index (χ4v) is 3.10. The first-order chi connectivity index (χ1) is 11.0. The van der Waals surface area contributed by atoms with Gasteiger partial charge in [0, 0.05) is 6.92 Å². The molecule has 2 fully saturated rings. The number of nitrogens with zero attached hydrogens (tertiary/aromatic N) is 2. The van der Waals surface area contributed by atoms with Crippen molar-refractivity contribution in [1.29, 1.82) is 0 Å². The molecule has 0 N–H and O–H groups in total. The molecule has 24 heavy (non-hydrogen) atoms. The second kappa shape index (κ2) is 5.95. The van der Waals surface area contributed by atoms with Crippen LogP contribution in [0, 0.1) is 0 Å². The van der Waals surface area contributed by atoms with Crippen LogP contribution in [-0.2, 0) is 23.8 Å². The summed E-state index contributed by atoms with van der Waals surface area (Å²) in [6.45, 7) is 5.98. The number of carbonyl (C=O) groups is 4. The third-order valence-electron chi connectivity index (χ3n) is 3.95. The first-order valence-corrected chi connectivity index (χ1v) is 7.67. The van der Waals surface area contributed by atoms with E-state index in [0.29, 0.717) is 17.9 Å². The van der Waals surface area contributed by atoms with Crippen LogP contribution < -0.4 is 0 Å². The van der Waals surface area contributed by atoms with E-state index in [1.807, 2.05) is 0 Å². The maximum absolute atomic E-state index is 12.5. The predicted molar refractivity (Wildman–Crippen MR) is 79.5 cm³/mol. The van der Waals surface area contributed by atoms with Crippen LogP contribution in [0.3, 0.4) is 0 Å². The van der Waals surface area contributed by atoms with Crippen molar-refractivity contribution < 1.29 is 33.4 Å². The highest BCUT2D eigenvalue weighted by atomic mass is 16.6. The minimum Gasteiger partial charge on any atom is -0.467 e. The van der Waals surface area contributed by atoms with E-state index in [1.165, 1.54) is 7.11 Å². The number of amides is 3. The zero-order valence-corrected chi connectivity index (χ0v) is 14.5. The van der Waals surface area contributed by atoms with E-state index in [-0.39, 0.29) is 6.42 Å². The van der Waals surface area contributed by atoms with E-state index in [9.17, 15) is 19.2 Å². The van der Waals surface area contributed by atoms with Gasteiger partial charge in [-0.15, -0.1) is 5.01 Å². The highest BCUT2D eigenvalue weighted by Gasteiger charge is 2.67. The summed E-state index contributed by atoms with van der Waals surface area (Å²) in [5, 5.41) is 1.28. The second-order valence-electron chi connectivity index (χ2n) is 6.80. The van der Waals surface area contributed by atoms with Crippen LogP contribution in [0.5, 0.6) is 0 Å². The fraction of sp³-hybridized carbons (Fsp3) is 0.733. The van der Waals surface area contributed by atoms with Crippen molar-refractivity contribution >= 4 is 24.1 Å². The van der Waals surface area contributed by atoms with Crippen molar-refractivity contribution in [3.05, 3.63) is 0 Å². The van der Waals surface area contributed by atoms with Crippen LogP contribution >= 0.6 is 0 Å². The van der Waals surface area contributed by atoms with Gasteiger partial charge in [-0.2, -0.15) is 5.01 Å². The maximum Gasteiger partial charge on any atom is 0.436 e. The number of fused-ring (bicyclic) bond motifs is 1. The molecule has 1 saturated carbocycles. The zero-order chi connectivity index (χ0) is 18.3. The predicted octanol–water partition coefficient (Wildman–Crippen LogP) is 1.60. The highest BCUT2D eigenvalue weighted by Crippen LogP contribution is 2.45. The maximum atomic E-state index is 12.5. The third kappa shape index (κ3) is 2.78. The Labute approximate surface area is 139 Å². The molecule has 1 saturated heterocycles. The molecule has 0 aromatic heterocycles. The van der Waals surface area contributed by atoms with Crippen LogP contribution in [0.25, 0.3) is 0 Å². The van der Waals surface area contributed by atoms with Gasteiger partial charge >= 0.3 is 18.2 Å². The van der Waals surface area contributed by atoms with Crippen molar-refractivity contribution in [2.24, 2.45) is 0 Å². The van der Waals surface area contributed by atoms with E-state index >= 15 is 0 Å². The van der Waals surface area contributed by atoms with E-state index in [0.717, 1.165) is 11.9 Å². The number of rotatable bonds is 2. The molecule has 0 aromatic carbocycles. The summed E-state index contributed by atoms with van der Waals surface area (Å²) in [4.78, 5) is 49.3. The topological polar surface area (TPSA) is 102 Å². The number of hydrazine groups is 1. The molecule has 3 amide bonds. The molecule has 0 spiro atoms. The molecule has 9 heteroatoms. The lowest BCUT2D eigenvalue weighted by Gasteiger charge is -2.38. The van der Waals surface area contributed by atoms with Crippen LogP contribution in [0.1, 0.15) is 47.0 Å². The van der Waals surface area contributed by atoms with Crippen LogP contribution in [-0.4, -0.2) is 58.4 Å². The van der Waals surface area contributed by atoms with Crippen molar-refractivity contribution in [2.75, 3.05) is 7.11 Å². The molecule has 1 aliphatic heterocycles. The van der Waals surface area contributed by atoms with Crippen molar-refractivity contribution in [2.45, 2.75) is 64.2 Å². The Morgan fingerprint density at radius 1 is 1.33 bits per heavy atom. The molecule has 1 aliphatic carbocycles. The Morgan fingerprint density at radius 2 is 1.96 bits per heavy atom. The van der Waals surface area contributed by atoms with Crippen LogP contribution in [0.15, 0.2) is 0 Å². The largest absolute Gasteiger partial charge is 0.467 e. The summed E-state index contributed by atoms with van der Waals surface area (Å²) in [7, 11) is 1.18. The molecular formula is C15H22N2O7. The van der Waals surface area contributed by atoms with Gasteiger partial charge in [0.25, 0.3) is 0 Å². The van der Waals surface area contributed by atoms with E-state index < -0.39 is 41.3 Å². The van der Waals surface area contributed by atoms with Gasteiger partial charge in [0.15, 0.2) is 0 Å². The average molecular weight is 342 g/mol. The Kier molecular flexibility index (Phi) is 4.47. The van der Waals surface area contributed by atoms with E-state index in [2.05, 4.69) is 0 Å². The number of hydrogen-bond donors (Lipinski definition) is 0. The SMILES string of the molecule is COC(=O)[C@]12CCC[C@H]1OC(=O)N2N(C(C)=O)C(=O)OC(C)(C)C. The molecule has 0 bridgehead atoms. The van der Waals surface area contributed by atoms with Crippen molar-refractivity contribution in [1.82, 2.24) is 10.0 Å². The van der Waals surface area contributed by atoms with Crippen LogP contribution in [0.2, 0.25) is 0 Å². The summed E-state index contributed by atoms with van der Waals surface area (Å²) in [6, 6.07) is 0. The normalized spacial score (nSPS) is 25.8. The number of imide groups is 1. The zero-order valence-electron chi connectivity index (χ0n) is 14.5. The molecule has 1 heterocycles. The molecule has 0 aromatic rings. The molecule has 0 radical (unpaired) electrons. The standard InChI is InChI=1S/C15H22N2O7/c1-9(18)16(12(20)24-14(2,3)4)17-13(21)23-10-7-6-8-15(10,17)11(19)22-5/h10H,6-8H2,1-5H3/t10-,15+/m1/s1. The number of carbonyl (C=O) groups excluding carboxylic acids is 4. The Bertz CT molecular complexity index is 583. The minimum absolute atomic E-state index is 0.225. The first kappa shape index (κ1) is 18.0. The second-order valence-corrected chi connectivity index (χ2v) is 6.80. The smallest absolute Gasteiger partial charge is 0.436 e. The van der Waals surface area contributed by atoms with Gasteiger partial charge in [-0.3, -0.25) is 4.79 Å². The van der Waals surface area contributed by atoms with Gasteiger partial charge in [0.2, 0.25) is 11.4 Å². The lowest BCUT2D eigenvalue weighted by Crippen LogP contribution is -2.64. The molecule has 0 unspecified atom stereocenters. The van der Waals surface area contributed by atoms with E-state index in [1.54, 1.807) is 20.8 Å². The van der Waals surface area contributed by atoms with Gasteiger partial charge in [-0.05, 0) is 40.0 Å². The summed E-state index contributed by atoms with van der Waals surface area (Å²) in [5.74, 6) is -1.50. The lowest BCUT2D eigenvalue weighted by atomic mass is 9.95. The first-order valence-electron chi connectivity index (χ1n) is 7.67. The minimum atomic E-state index is -1.53. The molecule has 134 valence electrons. The summed E-state index contributed by atoms with van der Waals surface area (Å²) in [6.07, 6.45) is -1.53. The highest BCUT2D eigenvalue weighted by molar-refractivity contribution is 5.97. The van der Waals surface area contributed by atoms with Crippen LogP contribution in [0.4, 0.5) is 9.59 Å². The monoisotopic (exact) mass is 342 g/mol. The van der Waals surface area contributed by atoms with Gasteiger partial charge in [-0.1, -0.05) is 0 Å². The quantitative estimate of drug-likeness (QED) is 0.555. The number of ether oxygens (including phenoxy) is 3. The summed E-state index contributed by atoms with van der Waals surface area (Å²) in [5.41, 5.74) is -2.42. The van der Waals surface area contributed by atoms with Gasteiger partial charge in [0.1, 0.15) is 11.7 Å². The molecule has 2 aliphatic rings. The fourth-order valence-electron chi connectivity index (χ4n) is 3.10. The number of hydrogen-bond acceptors (Lipinski definition) is 7. The van der Waals surface area contributed by atoms with E-state index in [4.69, 9.17) is 14.2 Å². The Balaban J connectivity index is 2.47. The molecule has 9 nitrogen and oxygen atoms in total. The summed E-state index contributed by atoms with van der Waals surface area (Å²) >= 11 is 0. The third-order valence-corrected chi connectivity index (χ3v) is 3.95.